The molecule has 0 bridgehead atoms. The molecule has 0 radical (unpaired) electrons. The van der Waals surface area contributed by atoms with Crippen LogP contribution in [0, 0.1) is 0 Å². The molecule has 0 saturated carbocycles. The minimum atomic E-state index is -0.0690. The Labute approximate surface area is 125 Å². The Kier molecular flexibility index (Phi) is 7.94. The highest BCUT2D eigenvalue weighted by molar-refractivity contribution is 7.99. The van der Waals surface area contributed by atoms with Crippen LogP contribution in [0.15, 0.2) is 0 Å². The van der Waals surface area contributed by atoms with E-state index in [1.54, 1.807) is 26.1 Å². The largest absolute Gasteiger partial charge is 0.383 e. The van der Waals surface area contributed by atoms with Crippen LogP contribution in [-0.2, 0) is 14.3 Å². The van der Waals surface area contributed by atoms with E-state index < -0.39 is 0 Å². The zero-order valence-electron chi connectivity index (χ0n) is 12.6. The monoisotopic (exact) mass is 303 g/mol. The van der Waals surface area contributed by atoms with Crippen LogP contribution in [0.2, 0.25) is 0 Å². The third-order valence-corrected chi connectivity index (χ3v) is 4.29. The molecule has 1 aliphatic rings. The van der Waals surface area contributed by atoms with Gasteiger partial charge in [0.1, 0.15) is 0 Å². The van der Waals surface area contributed by atoms with E-state index in [0.29, 0.717) is 19.6 Å². The summed E-state index contributed by atoms with van der Waals surface area (Å²) in [7, 11) is 4.98. The fraction of sp³-hybridized carbons (Fsp3) is 0.846. The van der Waals surface area contributed by atoms with Gasteiger partial charge in [0, 0.05) is 58.3 Å². The Hall–Kier alpha value is -0.790. The molecule has 1 rings (SSSR count). The average Bonchev–Trinajstić information content (AvgIpc) is 2.43. The minimum absolute atomic E-state index is 0.0113. The van der Waals surface area contributed by atoms with Gasteiger partial charge in [0.2, 0.25) is 11.8 Å². The molecule has 0 aromatic rings. The van der Waals surface area contributed by atoms with Crippen molar-refractivity contribution in [1.82, 2.24) is 15.1 Å². The summed E-state index contributed by atoms with van der Waals surface area (Å²) >= 11 is 1.86. The van der Waals surface area contributed by atoms with Gasteiger partial charge in [0.05, 0.1) is 13.2 Å². The third-order valence-electron chi connectivity index (χ3n) is 3.16. The summed E-state index contributed by atoms with van der Waals surface area (Å²) in [6.45, 7) is 1.96. The molecule has 0 aromatic heterocycles. The van der Waals surface area contributed by atoms with Crippen molar-refractivity contribution in [3.8, 4) is 0 Å². The Bertz CT molecular complexity index is 320. The molecule has 1 fully saturated rings. The molecule has 1 heterocycles. The maximum Gasteiger partial charge on any atom is 0.241 e. The van der Waals surface area contributed by atoms with Crippen molar-refractivity contribution in [2.75, 3.05) is 59.0 Å². The van der Waals surface area contributed by atoms with Gasteiger partial charge >= 0.3 is 0 Å². The number of thioether (sulfide) groups is 1. The molecule has 0 aliphatic carbocycles. The highest BCUT2D eigenvalue weighted by Gasteiger charge is 2.22. The second-order valence-electron chi connectivity index (χ2n) is 5.03. The summed E-state index contributed by atoms with van der Waals surface area (Å²) in [6.07, 6.45) is 0.442. The number of likely N-dealkylation sites (N-methyl/N-ethyl adjacent to an activating group) is 1. The van der Waals surface area contributed by atoms with Gasteiger partial charge in [-0.1, -0.05) is 0 Å². The number of nitrogens with one attached hydrogen (secondary N) is 1. The molecule has 1 atom stereocenters. The fourth-order valence-electron chi connectivity index (χ4n) is 1.89. The lowest BCUT2D eigenvalue weighted by atomic mass is 10.2. The van der Waals surface area contributed by atoms with Crippen LogP contribution in [0.3, 0.4) is 0 Å². The molecular weight excluding hydrogens is 278 g/mol. The van der Waals surface area contributed by atoms with Crippen molar-refractivity contribution in [2.45, 2.75) is 12.5 Å². The highest BCUT2D eigenvalue weighted by atomic mass is 32.2. The van der Waals surface area contributed by atoms with Crippen molar-refractivity contribution in [1.29, 1.82) is 0 Å². The number of carbonyl (C=O) groups is 2. The van der Waals surface area contributed by atoms with Crippen LogP contribution in [0.5, 0.6) is 0 Å². The SMILES string of the molecule is COCCN(CC(=O)N(C)C)C(=O)CC1CSCCN1. The summed E-state index contributed by atoms with van der Waals surface area (Å²) in [6, 6.07) is 0.209. The number of hydrogen-bond donors (Lipinski definition) is 1. The van der Waals surface area contributed by atoms with Crippen molar-refractivity contribution >= 4 is 23.6 Å². The van der Waals surface area contributed by atoms with Crippen LogP contribution < -0.4 is 5.32 Å². The maximum absolute atomic E-state index is 12.3. The number of ether oxygens (including phenoxy) is 1. The van der Waals surface area contributed by atoms with Gasteiger partial charge in [-0.3, -0.25) is 9.59 Å². The second-order valence-corrected chi connectivity index (χ2v) is 6.18. The van der Waals surface area contributed by atoms with Crippen LogP contribution in [0.1, 0.15) is 6.42 Å². The molecule has 1 unspecified atom stereocenters. The molecule has 1 aliphatic heterocycles. The first-order chi connectivity index (χ1) is 9.54. The number of nitrogens with zero attached hydrogens (tertiary/aromatic N) is 2. The van der Waals surface area contributed by atoms with Crippen LogP contribution in [0.25, 0.3) is 0 Å². The zero-order valence-corrected chi connectivity index (χ0v) is 13.4. The minimum Gasteiger partial charge on any atom is -0.383 e. The predicted octanol–water partition coefficient (Wildman–Crippen LogP) is -0.355. The standard InChI is InChI=1S/C13H25N3O3S/c1-15(2)13(18)9-16(5-6-19-3)12(17)8-11-10-20-7-4-14-11/h11,14H,4-10H2,1-3H3. The lowest BCUT2D eigenvalue weighted by Gasteiger charge is -2.27. The lowest BCUT2D eigenvalue weighted by molar-refractivity contribution is -0.140. The molecule has 0 spiro atoms. The van der Waals surface area contributed by atoms with E-state index >= 15 is 0 Å². The summed E-state index contributed by atoms with van der Waals surface area (Å²) in [4.78, 5) is 27.2. The normalized spacial score (nSPS) is 18.6. The molecule has 1 N–H and O–H groups in total. The van der Waals surface area contributed by atoms with Gasteiger partial charge in [0.25, 0.3) is 0 Å². The first-order valence-electron chi connectivity index (χ1n) is 6.82. The van der Waals surface area contributed by atoms with Gasteiger partial charge < -0.3 is 19.9 Å². The number of hydrogen-bond acceptors (Lipinski definition) is 5. The molecule has 7 heteroatoms. The Morgan fingerprint density at radius 1 is 1.35 bits per heavy atom. The Morgan fingerprint density at radius 3 is 2.65 bits per heavy atom. The first kappa shape index (κ1) is 17.3. The number of amides is 2. The van der Waals surface area contributed by atoms with Crippen molar-refractivity contribution in [3.05, 3.63) is 0 Å². The lowest BCUT2D eigenvalue weighted by Crippen LogP contribution is -2.46. The van der Waals surface area contributed by atoms with Crippen LogP contribution in [-0.4, -0.2) is 86.6 Å². The highest BCUT2D eigenvalue weighted by Crippen LogP contribution is 2.11. The number of methoxy groups -OCH3 is 1. The first-order valence-corrected chi connectivity index (χ1v) is 7.98. The number of rotatable bonds is 7. The second kappa shape index (κ2) is 9.20. The van der Waals surface area contributed by atoms with Crippen molar-refractivity contribution in [2.24, 2.45) is 0 Å². The van der Waals surface area contributed by atoms with Crippen molar-refractivity contribution < 1.29 is 14.3 Å². The van der Waals surface area contributed by atoms with Gasteiger partial charge in [0.15, 0.2) is 0 Å². The van der Waals surface area contributed by atoms with Gasteiger partial charge in [-0.2, -0.15) is 11.8 Å². The van der Waals surface area contributed by atoms with Gasteiger partial charge in [-0.25, -0.2) is 0 Å². The topological polar surface area (TPSA) is 61.9 Å². The van der Waals surface area contributed by atoms with E-state index in [-0.39, 0.29) is 24.4 Å². The molecule has 2 amide bonds. The summed E-state index contributed by atoms with van der Waals surface area (Å²) in [5.41, 5.74) is 0. The smallest absolute Gasteiger partial charge is 0.241 e. The molecule has 0 aromatic carbocycles. The van der Waals surface area contributed by atoms with E-state index in [1.807, 2.05) is 11.8 Å². The quantitative estimate of drug-likeness (QED) is 0.696. The van der Waals surface area contributed by atoms with E-state index in [9.17, 15) is 9.59 Å². The van der Waals surface area contributed by atoms with Crippen LogP contribution >= 0.6 is 11.8 Å². The molecule has 20 heavy (non-hydrogen) atoms. The van der Waals surface area contributed by atoms with Gasteiger partial charge in [-0.05, 0) is 0 Å². The Morgan fingerprint density at radius 2 is 2.10 bits per heavy atom. The Balaban J connectivity index is 2.51. The maximum atomic E-state index is 12.3. The third kappa shape index (κ3) is 6.11. The van der Waals surface area contributed by atoms with Crippen LogP contribution in [0.4, 0.5) is 0 Å². The number of carbonyl (C=O) groups excluding carboxylic acids is 2. The molecule has 6 nitrogen and oxygen atoms in total. The van der Waals surface area contributed by atoms with E-state index in [0.717, 1.165) is 18.1 Å². The predicted molar refractivity (Wildman–Crippen MR) is 80.9 cm³/mol. The van der Waals surface area contributed by atoms with Crippen molar-refractivity contribution in [3.63, 3.8) is 0 Å². The summed E-state index contributed by atoms with van der Waals surface area (Å²) in [5.74, 6) is 1.99. The van der Waals surface area contributed by atoms with E-state index in [4.69, 9.17) is 4.74 Å². The fourth-order valence-corrected chi connectivity index (χ4v) is 2.84. The molecule has 1 saturated heterocycles. The summed E-state index contributed by atoms with van der Waals surface area (Å²) < 4.78 is 5.02. The average molecular weight is 303 g/mol. The zero-order chi connectivity index (χ0) is 15.0. The van der Waals surface area contributed by atoms with E-state index in [1.165, 1.54) is 4.90 Å². The van der Waals surface area contributed by atoms with Gasteiger partial charge in [-0.15, -0.1) is 0 Å². The summed E-state index contributed by atoms with van der Waals surface area (Å²) in [5, 5.41) is 3.34. The van der Waals surface area contributed by atoms with E-state index in [2.05, 4.69) is 5.32 Å². The molecular formula is C13H25N3O3S. The molecule has 116 valence electrons.